The molecule has 27 heavy (non-hydrogen) atoms. The highest BCUT2D eigenvalue weighted by Gasteiger charge is 2.48. The average Bonchev–Trinajstić information content (AvgIpc) is 2.65. The van der Waals surface area contributed by atoms with Crippen LogP contribution in [0.25, 0.3) is 0 Å². The van der Waals surface area contributed by atoms with Gasteiger partial charge in [0.1, 0.15) is 0 Å². The quantitative estimate of drug-likeness (QED) is 0.334. The maximum Gasteiger partial charge on any atom is 0.352 e. The molecule has 1 rings (SSSR count). The van der Waals surface area contributed by atoms with Crippen LogP contribution in [0, 0.1) is 0 Å². The van der Waals surface area contributed by atoms with Gasteiger partial charge in [-0.25, -0.2) is 9.59 Å². The fraction of sp³-hybridized carbons (Fsp3) is 0.619. The highest BCUT2D eigenvalue weighted by molar-refractivity contribution is 6.03. The van der Waals surface area contributed by atoms with Gasteiger partial charge in [-0.3, -0.25) is 0 Å². The van der Waals surface area contributed by atoms with Gasteiger partial charge in [0.05, 0.1) is 0 Å². The number of anilines is 1. The molecule has 0 fully saturated rings. The topological polar surface area (TPSA) is 98.1 Å². The predicted molar refractivity (Wildman–Crippen MR) is 106 cm³/mol. The van der Waals surface area contributed by atoms with Crippen LogP contribution in [0.15, 0.2) is 24.3 Å². The zero-order valence-corrected chi connectivity index (χ0v) is 16.5. The lowest BCUT2D eigenvalue weighted by molar-refractivity contribution is -0.177. The Hall–Kier alpha value is -2.08. The Morgan fingerprint density at radius 1 is 0.852 bits per heavy atom. The van der Waals surface area contributed by atoms with E-state index in [4.69, 9.17) is 0 Å². The van der Waals surface area contributed by atoms with Crippen molar-refractivity contribution in [3.63, 3.8) is 0 Å². The van der Waals surface area contributed by atoms with E-state index in [2.05, 4.69) is 13.8 Å². The number of hydrogen-bond donors (Lipinski definition) is 3. The summed E-state index contributed by atoms with van der Waals surface area (Å²) in [6.07, 6.45) is 8.48. The lowest BCUT2D eigenvalue weighted by Crippen LogP contribution is -2.45. The Balaban J connectivity index is 3.15. The van der Waals surface area contributed by atoms with E-state index in [-0.39, 0.29) is 5.56 Å². The van der Waals surface area contributed by atoms with Crippen molar-refractivity contribution in [1.82, 2.24) is 0 Å². The normalized spacial score (nSPS) is 11.4. The second-order valence-electron chi connectivity index (χ2n) is 6.95. The van der Waals surface area contributed by atoms with Crippen molar-refractivity contribution < 1.29 is 24.9 Å². The van der Waals surface area contributed by atoms with Crippen molar-refractivity contribution >= 4 is 17.6 Å². The molecule has 3 N–H and O–H groups in total. The molecule has 0 saturated heterocycles. The number of benzene rings is 1. The fourth-order valence-electron chi connectivity index (χ4n) is 3.19. The van der Waals surface area contributed by atoms with E-state index in [1.165, 1.54) is 6.07 Å². The number of para-hydroxylation sites is 1. The molecule has 0 amide bonds. The van der Waals surface area contributed by atoms with Crippen LogP contribution in [0.5, 0.6) is 0 Å². The van der Waals surface area contributed by atoms with Crippen LogP contribution in [0.1, 0.15) is 70.8 Å². The van der Waals surface area contributed by atoms with Crippen LogP contribution in [-0.2, 0) is 15.2 Å². The van der Waals surface area contributed by atoms with Gasteiger partial charge in [0.15, 0.2) is 0 Å². The zero-order chi connectivity index (χ0) is 20.3. The first-order valence-corrected chi connectivity index (χ1v) is 9.93. The van der Waals surface area contributed by atoms with Crippen molar-refractivity contribution in [2.24, 2.45) is 0 Å². The molecular formula is C21H33NO5. The molecule has 0 saturated carbocycles. The smallest absolute Gasteiger partial charge is 0.352 e. The summed E-state index contributed by atoms with van der Waals surface area (Å²) in [7, 11) is 0. The van der Waals surface area contributed by atoms with E-state index in [0.29, 0.717) is 18.8 Å². The number of hydrogen-bond acceptors (Lipinski definition) is 4. The third-order valence-electron chi connectivity index (χ3n) is 4.82. The van der Waals surface area contributed by atoms with Gasteiger partial charge < -0.3 is 20.2 Å². The molecule has 6 heteroatoms. The molecular weight excluding hydrogens is 346 g/mol. The summed E-state index contributed by atoms with van der Waals surface area (Å²) >= 11 is 0. The molecule has 0 aliphatic carbocycles. The highest BCUT2D eigenvalue weighted by atomic mass is 16.4. The first-order chi connectivity index (χ1) is 12.9. The molecule has 0 spiro atoms. The molecule has 0 heterocycles. The van der Waals surface area contributed by atoms with Crippen LogP contribution in [0.3, 0.4) is 0 Å². The minimum absolute atomic E-state index is 0.0871. The monoisotopic (exact) mass is 379 g/mol. The lowest BCUT2D eigenvalue weighted by Gasteiger charge is -2.30. The standard InChI is InChI=1S/C21H33NO5/c1-3-5-7-11-15-22(16-12-8-6-4-2)18-14-10-9-13-17(18)21(27,19(23)24)20(25)26/h9-10,13-14,27H,3-8,11-12,15-16H2,1-2H3,(H,23,24)(H,25,26). The maximum absolute atomic E-state index is 11.6. The summed E-state index contributed by atoms with van der Waals surface area (Å²) in [4.78, 5) is 25.2. The number of aliphatic carboxylic acids is 2. The van der Waals surface area contributed by atoms with Gasteiger partial charge in [-0.05, 0) is 18.9 Å². The fourth-order valence-corrected chi connectivity index (χ4v) is 3.19. The predicted octanol–water partition coefficient (Wildman–Crippen LogP) is 4.01. The first-order valence-electron chi connectivity index (χ1n) is 9.93. The summed E-state index contributed by atoms with van der Waals surface area (Å²) in [6.45, 7) is 5.69. The number of carboxylic acids is 2. The second kappa shape index (κ2) is 11.6. The highest BCUT2D eigenvalue weighted by Crippen LogP contribution is 2.32. The Morgan fingerprint density at radius 3 is 1.78 bits per heavy atom. The summed E-state index contributed by atoms with van der Waals surface area (Å²) < 4.78 is 0. The van der Waals surface area contributed by atoms with E-state index in [1.54, 1.807) is 18.2 Å². The molecule has 0 aliphatic rings. The van der Waals surface area contributed by atoms with Gasteiger partial charge in [0, 0.05) is 24.3 Å². The molecule has 0 atom stereocenters. The third-order valence-corrected chi connectivity index (χ3v) is 4.82. The van der Waals surface area contributed by atoms with Crippen molar-refractivity contribution in [3.05, 3.63) is 29.8 Å². The molecule has 1 aromatic rings. The summed E-state index contributed by atoms with van der Waals surface area (Å²) in [6, 6.07) is 6.39. The molecule has 0 radical (unpaired) electrons. The summed E-state index contributed by atoms with van der Waals surface area (Å²) in [5.74, 6) is -3.56. The Bertz CT molecular complexity index is 576. The van der Waals surface area contributed by atoms with Gasteiger partial charge in [-0.1, -0.05) is 70.6 Å². The van der Waals surface area contributed by atoms with Gasteiger partial charge in [0.2, 0.25) is 0 Å². The van der Waals surface area contributed by atoms with Crippen LogP contribution in [0.4, 0.5) is 5.69 Å². The van der Waals surface area contributed by atoms with Crippen LogP contribution < -0.4 is 4.90 Å². The summed E-state index contributed by atoms with van der Waals surface area (Å²) in [5.41, 5.74) is -2.56. The van der Waals surface area contributed by atoms with Crippen molar-refractivity contribution in [3.8, 4) is 0 Å². The second-order valence-corrected chi connectivity index (χ2v) is 6.95. The lowest BCUT2D eigenvalue weighted by atomic mass is 9.91. The number of nitrogens with zero attached hydrogens (tertiary/aromatic N) is 1. The summed E-state index contributed by atoms with van der Waals surface area (Å²) in [5, 5.41) is 29.3. The van der Waals surface area contributed by atoms with Crippen molar-refractivity contribution in [1.29, 1.82) is 0 Å². The van der Waals surface area contributed by atoms with E-state index >= 15 is 0 Å². The number of carbonyl (C=O) groups is 2. The van der Waals surface area contributed by atoms with Gasteiger partial charge >= 0.3 is 11.9 Å². The van der Waals surface area contributed by atoms with Crippen molar-refractivity contribution in [2.75, 3.05) is 18.0 Å². The Morgan fingerprint density at radius 2 is 1.33 bits per heavy atom. The van der Waals surface area contributed by atoms with E-state index in [1.807, 2.05) is 4.90 Å². The maximum atomic E-state index is 11.6. The van der Waals surface area contributed by atoms with E-state index < -0.39 is 17.5 Å². The molecule has 0 bridgehead atoms. The molecule has 6 nitrogen and oxygen atoms in total. The van der Waals surface area contributed by atoms with E-state index in [9.17, 15) is 24.9 Å². The number of aliphatic hydroxyl groups is 1. The van der Waals surface area contributed by atoms with Gasteiger partial charge in [-0.15, -0.1) is 0 Å². The molecule has 152 valence electrons. The van der Waals surface area contributed by atoms with Crippen molar-refractivity contribution in [2.45, 2.75) is 70.8 Å². The molecule has 0 aliphatic heterocycles. The minimum Gasteiger partial charge on any atom is -0.478 e. The Kier molecular flexibility index (Phi) is 9.86. The van der Waals surface area contributed by atoms with Gasteiger partial charge in [-0.2, -0.15) is 0 Å². The number of rotatable bonds is 14. The number of unbranched alkanes of at least 4 members (excludes halogenated alkanes) is 6. The largest absolute Gasteiger partial charge is 0.478 e. The third kappa shape index (κ3) is 6.24. The Labute approximate surface area is 161 Å². The SMILES string of the molecule is CCCCCCN(CCCCCC)c1ccccc1C(O)(C(=O)O)C(=O)O. The van der Waals surface area contributed by atoms with E-state index in [0.717, 1.165) is 51.4 Å². The first kappa shape index (κ1) is 23.0. The molecule has 1 aromatic carbocycles. The number of carboxylic acid groups (broad SMARTS) is 2. The van der Waals surface area contributed by atoms with Crippen LogP contribution >= 0.6 is 0 Å². The van der Waals surface area contributed by atoms with Crippen LogP contribution in [0.2, 0.25) is 0 Å². The molecule has 0 aromatic heterocycles. The average molecular weight is 379 g/mol. The minimum atomic E-state index is -2.96. The van der Waals surface area contributed by atoms with Gasteiger partial charge in [0.25, 0.3) is 5.60 Å². The van der Waals surface area contributed by atoms with Crippen LogP contribution in [-0.4, -0.2) is 40.3 Å². The molecule has 0 unspecified atom stereocenters. The zero-order valence-electron chi connectivity index (χ0n) is 16.5.